The first kappa shape index (κ1) is 4.93. The monoisotopic (exact) mass is 102 g/mol. The van der Waals surface area contributed by atoms with Gasteiger partial charge in [-0.3, -0.25) is 0 Å². The van der Waals surface area contributed by atoms with E-state index >= 15 is 0 Å². The molecule has 0 aromatic rings. The zero-order valence-corrected chi connectivity index (χ0v) is 4.46. The molecule has 0 atom stereocenters. The van der Waals surface area contributed by atoms with Crippen molar-refractivity contribution in [3.05, 3.63) is 47.9 Å². The summed E-state index contributed by atoms with van der Waals surface area (Å²) in [6.07, 6.45) is 11.2. The lowest BCUT2D eigenvalue weighted by Gasteiger charge is -1.69. The number of hydrogen-bond donors (Lipinski definition) is 0. The zero-order chi connectivity index (χ0) is 5.66. The first-order chi connectivity index (χ1) is 4.00. The van der Waals surface area contributed by atoms with Crippen molar-refractivity contribution in [3.63, 3.8) is 0 Å². The molecule has 0 spiro atoms. The minimum atomic E-state index is 1.82. The maximum absolute atomic E-state index is 2.91. The molecule has 1 aliphatic rings. The summed E-state index contributed by atoms with van der Waals surface area (Å²) in [5, 5.41) is 0. The average molecular weight is 102 g/mol. The Morgan fingerprint density at radius 1 is 0.625 bits per heavy atom. The molecule has 0 aliphatic heterocycles. The molecule has 0 saturated heterocycles. The third kappa shape index (κ3) is 1.49. The number of hydrogen-bond acceptors (Lipinski definition) is 0. The minimum absolute atomic E-state index is 1.82. The van der Waals surface area contributed by atoms with Crippen molar-refractivity contribution in [3.8, 4) is 0 Å². The van der Waals surface area contributed by atoms with Gasteiger partial charge in [0.05, 0.1) is 0 Å². The Morgan fingerprint density at radius 3 is 1.62 bits per heavy atom. The van der Waals surface area contributed by atoms with Gasteiger partial charge in [0.25, 0.3) is 0 Å². The molecule has 0 N–H and O–H groups in total. The van der Waals surface area contributed by atoms with Crippen molar-refractivity contribution in [1.29, 1.82) is 0 Å². The summed E-state index contributed by atoms with van der Waals surface area (Å²) in [6.45, 7) is 0. The predicted octanol–water partition coefficient (Wildman–Crippen LogP) is 1.98. The lowest BCUT2D eigenvalue weighted by molar-refractivity contribution is 1.87. The van der Waals surface area contributed by atoms with Gasteiger partial charge >= 0.3 is 0 Å². The van der Waals surface area contributed by atoms with Gasteiger partial charge in [-0.05, 0) is 24.3 Å². The van der Waals surface area contributed by atoms with Gasteiger partial charge in [-0.2, -0.15) is 0 Å². The lowest BCUT2D eigenvalue weighted by atomic mass is 10.4. The van der Waals surface area contributed by atoms with Crippen molar-refractivity contribution < 1.29 is 0 Å². The molecule has 0 aromatic heterocycles. The molecule has 0 heteroatoms. The van der Waals surface area contributed by atoms with Crippen LogP contribution in [0.2, 0.25) is 0 Å². The highest BCUT2D eigenvalue weighted by Gasteiger charge is 1.60. The van der Waals surface area contributed by atoms with Crippen LogP contribution in [0.25, 0.3) is 0 Å². The normalized spacial score (nSPS) is 18.0. The number of rotatable bonds is 0. The quantitative estimate of drug-likeness (QED) is 0.410. The Labute approximate surface area is 48.8 Å². The van der Waals surface area contributed by atoms with E-state index in [0.717, 1.165) is 0 Å². The molecule has 8 heavy (non-hydrogen) atoms. The van der Waals surface area contributed by atoms with Crippen LogP contribution in [0.1, 0.15) is 0 Å². The van der Waals surface area contributed by atoms with Crippen molar-refractivity contribution in [2.24, 2.45) is 0 Å². The van der Waals surface area contributed by atoms with Crippen LogP contribution < -0.4 is 0 Å². The average Bonchev–Trinajstić information content (AvgIpc) is 1.62. The molecular formula is C8H6. The van der Waals surface area contributed by atoms with Crippen molar-refractivity contribution >= 4 is 0 Å². The van der Waals surface area contributed by atoms with Crippen molar-refractivity contribution in [2.45, 2.75) is 0 Å². The first-order valence-electron chi connectivity index (χ1n) is 2.49. The van der Waals surface area contributed by atoms with E-state index in [4.69, 9.17) is 0 Å². The van der Waals surface area contributed by atoms with Crippen molar-refractivity contribution in [2.75, 3.05) is 0 Å². The molecule has 0 saturated carbocycles. The maximum Gasteiger partial charge on any atom is -0.0123 e. The highest BCUT2D eigenvalue weighted by Crippen LogP contribution is 1.80. The fourth-order valence-electron chi connectivity index (χ4n) is 0.430. The third-order valence-electron chi connectivity index (χ3n) is 0.772. The molecule has 1 aliphatic carbocycles. The Hall–Kier alpha value is -1.22. The molecular weight excluding hydrogens is 96.1 g/mol. The summed E-state index contributed by atoms with van der Waals surface area (Å²) in [5.74, 6) is 0. The summed E-state index contributed by atoms with van der Waals surface area (Å²) in [5.41, 5.74) is 5.82. The molecule has 38 valence electrons. The van der Waals surface area contributed by atoms with Crippen LogP contribution in [-0.2, 0) is 0 Å². The minimum Gasteiger partial charge on any atom is -0.120 e. The summed E-state index contributed by atoms with van der Waals surface area (Å²) >= 11 is 0. The van der Waals surface area contributed by atoms with Gasteiger partial charge in [-0.15, -0.1) is 11.5 Å². The van der Waals surface area contributed by atoms with Crippen molar-refractivity contribution in [1.82, 2.24) is 0 Å². The predicted molar refractivity (Wildman–Crippen MR) is 34.4 cm³/mol. The van der Waals surface area contributed by atoms with E-state index in [1.54, 1.807) is 0 Å². The van der Waals surface area contributed by atoms with Crippen LogP contribution in [0.5, 0.6) is 0 Å². The Morgan fingerprint density at radius 2 is 1.12 bits per heavy atom. The van der Waals surface area contributed by atoms with Gasteiger partial charge in [0, 0.05) is 0 Å². The van der Waals surface area contributed by atoms with Crippen LogP contribution in [0.3, 0.4) is 0 Å². The Kier molecular flexibility index (Phi) is 1.77. The van der Waals surface area contributed by atoms with E-state index in [1.807, 2.05) is 36.5 Å². The second kappa shape index (κ2) is 2.87. The molecule has 0 amide bonds. The van der Waals surface area contributed by atoms with E-state index in [-0.39, 0.29) is 0 Å². The highest BCUT2D eigenvalue weighted by atomic mass is 13.7. The maximum atomic E-state index is 2.91. The van der Waals surface area contributed by atoms with Crippen LogP contribution in [0.4, 0.5) is 0 Å². The van der Waals surface area contributed by atoms with E-state index in [0.29, 0.717) is 0 Å². The Balaban J connectivity index is 2.98. The van der Waals surface area contributed by atoms with Gasteiger partial charge in [0.1, 0.15) is 0 Å². The molecule has 0 aromatic carbocycles. The third-order valence-corrected chi connectivity index (χ3v) is 0.772. The molecule has 0 radical (unpaired) electrons. The molecule has 0 unspecified atom stereocenters. The summed E-state index contributed by atoms with van der Waals surface area (Å²) in [7, 11) is 0. The summed E-state index contributed by atoms with van der Waals surface area (Å²) in [6, 6.07) is 0. The molecule has 0 heterocycles. The van der Waals surface area contributed by atoms with E-state index in [2.05, 4.69) is 11.5 Å². The summed E-state index contributed by atoms with van der Waals surface area (Å²) < 4.78 is 0. The lowest BCUT2D eigenvalue weighted by Crippen LogP contribution is -1.49. The summed E-state index contributed by atoms with van der Waals surface area (Å²) in [4.78, 5) is 0. The van der Waals surface area contributed by atoms with Crippen LogP contribution in [0.15, 0.2) is 47.9 Å². The second-order valence-corrected chi connectivity index (χ2v) is 1.38. The van der Waals surface area contributed by atoms with E-state index < -0.39 is 0 Å². The van der Waals surface area contributed by atoms with Gasteiger partial charge in [0.2, 0.25) is 0 Å². The number of allylic oxidation sites excluding steroid dienone is 4. The van der Waals surface area contributed by atoms with E-state index in [1.165, 1.54) is 0 Å². The van der Waals surface area contributed by atoms with E-state index in [9.17, 15) is 0 Å². The van der Waals surface area contributed by atoms with Gasteiger partial charge in [0.15, 0.2) is 0 Å². The Bertz CT molecular complexity index is 180. The van der Waals surface area contributed by atoms with Gasteiger partial charge < -0.3 is 0 Å². The zero-order valence-electron chi connectivity index (χ0n) is 4.46. The topological polar surface area (TPSA) is 0 Å². The molecule has 0 nitrogen and oxygen atoms in total. The standard InChI is InChI=1S/C8H6/c1-2-4-6-8-7-5-3-1/h1-4,7-8H/b2-1-. The van der Waals surface area contributed by atoms with Crippen LogP contribution >= 0.6 is 0 Å². The molecule has 0 fully saturated rings. The largest absolute Gasteiger partial charge is 0.120 e. The molecule has 0 bridgehead atoms. The SMILES string of the molecule is C1=CC=C=C/C=C\C=1. The fourth-order valence-corrected chi connectivity index (χ4v) is 0.430. The smallest absolute Gasteiger partial charge is 0.0123 e. The van der Waals surface area contributed by atoms with Crippen LogP contribution in [0, 0.1) is 0 Å². The fraction of sp³-hybridized carbons (Fsp3) is 0. The van der Waals surface area contributed by atoms with Crippen LogP contribution in [-0.4, -0.2) is 0 Å². The van der Waals surface area contributed by atoms with Gasteiger partial charge in [-0.25, -0.2) is 0 Å². The first-order valence-corrected chi connectivity index (χ1v) is 2.49. The highest BCUT2D eigenvalue weighted by molar-refractivity contribution is 5.16. The molecule has 1 rings (SSSR count). The second-order valence-electron chi connectivity index (χ2n) is 1.38. The van der Waals surface area contributed by atoms with Gasteiger partial charge in [-0.1, -0.05) is 12.2 Å².